The van der Waals surface area contributed by atoms with E-state index in [4.69, 9.17) is 4.74 Å². The van der Waals surface area contributed by atoms with Crippen molar-refractivity contribution in [3.8, 4) is 0 Å². The van der Waals surface area contributed by atoms with Crippen molar-refractivity contribution in [1.29, 1.82) is 0 Å². The first-order valence-corrected chi connectivity index (χ1v) is 5.27. The van der Waals surface area contributed by atoms with Gasteiger partial charge in [0.15, 0.2) is 0 Å². The van der Waals surface area contributed by atoms with E-state index in [-0.39, 0.29) is 0 Å². The number of aryl methyl sites for hydroxylation is 2. The summed E-state index contributed by atoms with van der Waals surface area (Å²) in [7, 11) is 1.76. The molecule has 1 aromatic carbocycles. The Bertz CT molecular complexity index is 291. The lowest BCUT2D eigenvalue weighted by Gasteiger charge is -2.14. The smallest absolute Gasteiger partial charge is 0.0528 e. The van der Waals surface area contributed by atoms with Crippen LogP contribution < -0.4 is 0 Å². The highest BCUT2D eigenvalue weighted by molar-refractivity contribution is 5.33. The van der Waals surface area contributed by atoms with Gasteiger partial charge in [0, 0.05) is 13.0 Å². The third-order valence-corrected chi connectivity index (χ3v) is 2.70. The molecule has 0 heterocycles. The summed E-state index contributed by atoms with van der Waals surface area (Å²) < 4.78 is 5.19. The van der Waals surface area contributed by atoms with Gasteiger partial charge in [-0.3, -0.25) is 0 Å². The molecule has 0 saturated carbocycles. The molecular weight excluding hydrogens is 172 g/mol. The molecule has 1 unspecified atom stereocenters. The van der Waals surface area contributed by atoms with E-state index in [1.807, 2.05) is 0 Å². The van der Waals surface area contributed by atoms with Gasteiger partial charge in [-0.1, -0.05) is 32.0 Å². The summed E-state index contributed by atoms with van der Waals surface area (Å²) in [6.45, 7) is 7.37. The summed E-state index contributed by atoms with van der Waals surface area (Å²) in [5.74, 6) is 0.492. The zero-order chi connectivity index (χ0) is 10.6. The number of hydrogen-bond donors (Lipinski definition) is 0. The zero-order valence-corrected chi connectivity index (χ0v) is 9.63. The monoisotopic (exact) mass is 192 g/mol. The van der Waals surface area contributed by atoms with E-state index < -0.39 is 0 Å². The summed E-state index contributed by atoms with van der Waals surface area (Å²) in [4.78, 5) is 0. The van der Waals surface area contributed by atoms with Gasteiger partial charge in [-0.2, -0.15) is 0 Å². The van der Waals surface area contributed by atoms with Crippen LogP contribution in [0.1, 0.15) is 36.5 Å². The predicted molar refractivity (Wildman–Crippen MR) is 60.8 cm³/mol. The minimum Gasteiger partial charge on any atom is -0.384 e. The molecule has 0 amide bonds. The molecule has 0 radical (unpaired) electrons. The molecule has 1 atom stereocenters. The molecule has 0 fully saturated rings. The Morgan fingerprint density at radius 3 is 2.64 bits per heavy atom. The van der Waals surface area contributed by atoms with Crippen molar-refractivity contribution in [3.63, 3.8) is 0 Å². The third kappa shape index (κ3) is 2.58. The fraction of sp³-hybridized carbons (Fsp3) is 0.538. The molecule has 0 bridgehead atoms. The van der Waals surface area contributed by atoms with Crippen LogP contribution in [0.4, 0.5) is 0 Å². The molecule has 1 nitrogen and oxygen atoms in total. The molecule has 0 saturated heterocycles. The van der Waals surface area contributed by atoms with Crippen molar-refractivity contribution >= 4 is 0 Å². The minimum absolute atomic E-state index is 0.492. The van der Waals surface area contributed by atoms with Crippen LogP contribution in [-0.2, 0) is 11.2 Å². The van der Waals surface area contributed by atoms with Crippen LogP contribution in [0.5, 0.6) is 0 Å². The average molecular weight is 192 g/mol. The Hall–Kier alpha value is -0.820. The van der Waals surface area contributed by atoms with E-state index in [2.05, 4.69) is 39.0 Å². The molecular formula is C13H20O. The molecule has 14 heavy (non-hydrogen) atoms. The van der Waals surface area contributed by atoms with Crippen LogP contribution in [0.2, 0.25) is 0 Å². The standard InChI is InChI=1S/C13H20O/c1-5-12-7-6-10(2)13(8-12)11(3)9-14-4/h6-8,11H,5,9H2,1-4H3. The fourth-order valence-corrected chi connectivity index (χ4v) is 1.78. The first-order valence-electron chi connectivity index (χ1n) is 5.27. The summed E-state index contributed by atoms with van der Waals surface area (Å²) in [6, 6.07) is 6.72. The maximum Gasteiger partial charge on any atom is 0.0528 e. The van der Waals surface area contributed by atoms with Crippen LogP contribution in [0.25, 0.3) is 0 Å². The molecule has 0 aliphatic rings. The van der Waals surface area contributed by atoms with E-state index in [0.717, 1.165) is 13.0 Å². The molecule has 0 N–H and O–H groups in total. The molecule has 1 heteroatoms. The lowest BCUT2D eigenvalue weighted by Crippen LogP contribution is -2.04. The first kappa shape index (κ1) is 11.3. The second-order valence-electron chi connectivity index (χ2n) is 3.90. The number of methoxy groups -OCH3 is 1. The van der Waals surface area contributed by atoms with Gasteiger partial charge in [0.2, 0.25) is 0 Å². The number of ether oxygens (including phenoxy) is 1. The van der Waals surface area contributed by atoms with Gasteiger partial charge in [-0.25, -0.2) is 0 Å². The van der Waals surface area contributed by atoms with Crippen LogP contribution in [0.3, 0.4) is 0 Å². The first-order chi connectivity index (χ1) is 6.69. The van der Waals surface area contributed by atoms with Crippen molar-refractivity contribution in [2.75, 3.05) is 13.7 Å². The van der Waals surface area contributed by atoms with Crippen molar-refractivity contribution in [3.05, 3.63) is 34.9 Å². The lowest BCUT2D eigenvalue weighted by atomic mass is 9.94. The molecule has 1 rings (SSSR count). The van der Waals surface area contributed by atoms with E-state index in [9.17, 15) is 0 Å². The average Bonchev–Trinajstić information content (AvgIpc) is 2.19. The van der Waals surface area contributed by atoms with Crippen LogP contribution in [0.15, 0.2) is 18.2 Å². The third-order valence-electron chi connectivity index (χ3n) is 2.70. The van der Waals surface area contributed by atoms with Crippen LogP contribution in [-0.4, -0.2) is 13.7 Å². The summed E-state index contributed by atoms with van der Waals surface area (Å²) in [5, 5.41) is 0. The molecule has 1 aromatic rings. The van der Waals surface area contributed by atoms with Gasteiger partial charge in [0.05, 0.1) is 6.61 Å². The van der Waals surface area contributed by atoms with Crippen molar-refractivity contribution in [2.45, 2.75) is 33.1 Å². The number of rotatable bonds is 4. The molecule has 0 aliphatic carbocycles. The number of hydrogen-bond acceptors (Lipinski definition) is 1. The van der Waals surface area contributed by atoms with Gasteiger partial charge >= 0.3 is 0 Å². The van der Waals surface area contributed by atoms with Crippen LogP contribution >= 0.6 is 0 Å². The van der Waals surface area contributed by atoms with Crippen molar-refractivity contribution in [2.24, 2.45) is 0 Å². The highest BCUT2D eigenvalue weighted by Gasteiger charge is 2.08. The molecule has 0 aliphatic heterocycles. The van der Waals surface area contributed by atoms with Gasteiger partial charge in [-0.15, -0.1) is 0 Å². The number of benzene rings is 1. The van der Waals surface area contributed by atoms with E-state index in [1.165, 1.54) is 16.7 Å². The van der Waals surface area contributed by atoms with Gasteiger partial charge in [0.25, 0.3) is 0 Å². The molecule has 0 spiro atoms. The summed E-state index contributed by atoms with van der Waals surface area (Å²) in [6.07, 6.45) is 1.10. The zero-order valence-electron chi connectivity index (χ0n) is 9.63. The van der Waals surface area contributed by atoms with E-state index in [0.29, 0.717) is 5.92 Å². The highest BCUT2D eigenvalue weighted by Crippen LogP contribution is 2.21. The Labute approximate surface area is 87.1 Å². The highest BCUT2D eigenvalue weighted by atomic mass is 16.5. The summed E-state index contributed by atoms with van der Waals surface area (Å²) >= 11 is 0. The minimum atomic E-state index is 0.492. The Morgan fingerprint density at radius 1 is 1.36 bits per heavy atom. The van der Waals surface area contributed by atoms with E-state index >= 15 is 0 Å². The normalized spacial score (nSPS) is 12.9. The maximum absolute atomic E-state index is 5.19. The Balaban J connectivity index is 2.93. The largest absolute Gasteiger partial charge is 0.384 e. The second kappa shape index (κ2) is 5.16. The van der Waals surface area contributed by atoms with Gasteiger partial charge in [-0.05, 0) is 30.0 Å². The van der Waals surface area contributed by atoms with Gasteiger partial charge < -0.3 is 4.74 Å². The Kier molecular flexibility index (Phi) is 4.15. The summed E-state index contributed by atoms with van der Waals surface area (Å²) in [5.41, 5.74) is 4.20. The fourth-order valence-electron chi connectivity index (χ4n) is 1.78. The SMILES string of the molecule is CCc1ccc(C)c(C(C)COC)c1. The topological polar surface area (TPSA) is 9.23 Å². The second-order valence-corrected chi connectivity index (χ2v) is 3.90. The Morgan fingerprint density at radius 2 is 2.07 bits per heavy atom. The maximum atomic E-state index is 5.19. The van der Waals surface area contributed by atoms with Gasteiger partial charge in [0.1, 0.15) is 0 Å². The van der Waals surface area contributed by atoms with E-state index in [1.54, 1.807) is 7.11 Å². The quantitative estimate of drug-likeness (QED) is 0.711. The van der Waals surface area contributed by atoms with Crippen molar-refractivity contribution < 1.29 is 4.74 Å². The van der Waals surface area contributed by atoms with Crippen LogP contribution in [0, 0.1) is 6.92 Å². The predicted octanol–water partition coefficient (Wildman–Crippen LogP) is 3.31. The molecule has 78 valence electrons. The lowest BCUT2D eigenvalue weighted by molar-refractivity contribution is 0.184. The van der Waals surface area contributed by atoms with Crippen molar-refractivity contribution in [1.82, 2.24) is 0 Å². The molecule has 0 aromatic heterocycles.